The molecular weight excluding hydrogens is 351 g/mol. The Morgan fingerprint density at radius 1 is 1.28 bits per heavy atom. The standard InChI is InChI=1S/C16H16F3N5S/c1-3-9-6-21-12-7-22-11(4-10(9)12)8(2)25-15-23-13(16(17,18)19)5-14(20)24-15/h4-8,21H,3H2,1-2H3,(H2,20,23,24). The lowest BCUT2D eigenvalue weighted by molar-refractivity contribution is -0.141. The maximum absolute atomic E-state index is 12.9. The number of pyridine rings is 1. The van der Waals surface area contributed by atoms with E-state index in [0.717, 1.165) is 46.4 Å². The number of fused-ring (bicyclic) bond motifs is 1. The van der Waals surface area contributed by atoms with Crippen LogP contribution in [0, 0.1) is 0 Å². The van der Waals surface area contributed by atoms with Crippen LogP contribution < -0.4 is 5.73 Å². The second-order valence-electron chi connectivity index (χ2n) is 5.54. The highest BCUT2D eigenvalue weighted by atomic mass is 32.2. The van der Waals surface area contributed by atoms with Gasteiger partial charge in [-0.1, -0.05) is 18.7 Å². The van der Waals surface area contributed by atoms with E-state index in [1.807, 2.05) is 19.2 Å². The quantitative estimate of drug-likeness (QED) is 0.529. The van der Waals surface area contributed by atoms with Gasteiger partial charge in [0.25, 0.3) is 0 Å². The first-order valence-corrected chi connectivity index (χ1v) is 8.50. The van der Waals surface area contributed by atoms with Gasteiger partial charge in [0.15, 0.2) is 10.9 Å². The van der Waals surface area contributed by atoms with Gasteiger partial charge in [-0.3, -0.25) is 4.98 Å². The van der Waals surface area contributed by atoms with E-state index in [1.165, 1.54) is 0 Å². The molecule has 0 fully saturated rings. The van der Waals surface area contributed by atoms with Gasteiger partial charge in [-0.2, -0.15) is 13.2 Å². The maximum atomic E-state index is 12.9. The van der Waals surface area contributed by atoms with E-state index in [4.69, 9.17) is 5.73 Å². The predicted octanol–water partition coefficient (Wildman–Crippen LogP) is 4.37. The molecule has 1 atom stereocenters. The van der Waals surface area contributed by atoms with Crippen molar-refractivity contribution in [3.05, 3.63) is 41.5 Å². The molecule has 0 bridgehead atoms. The number of rotatable bonds is 4. The van der Waals surface area contributed by atoms with Gasteiger partial charge in [-0.05, 0) is 25.0 Å². The second kappa shape index (κ2) is 6.55. The normalized spacial score (nSPS) is 13.3. The van der Waals surface area contributed by atoms with Crippen LogP contribution in [0.15, 0.2) is 29.7 Å². The summed E-state index contributed by atoms with van der Waals surface area (Å²) in [6.07, 6.45) is -0.0288. The first-order chi connectivity index (χ1) is 11.8. The Bertz CT molecular complexity index is 906. The highest BCUT2D eigenvalue weighted by Crippen LogP contribution is 2.36. The van der Waals surface area contributed by atoms with Crippen LogP contribution in [0.5, 0.6) is 0 Å². The van der Waals surface area contributed by atoms with E-state index in [0.29, 0.717) is 0 Å². The SMILES string of the molecule is CCc1c[nH]c2cnc(C(C)Sc3nc(N)cc(C(F)(F)F)n3)cc12. The highest BCUT2D eigenvalue weighted by Gasteiger charge is 2.33. The van der Waals surface area contributed by atoms with Crippen LogP contribution in [0.4, 0.5) is 19.0 Å². The lowest BCUT2D eigenvalue weighted by Crippen LogP contribution is -2.11. The third kappa shape index (κ3) is 3.71. The van der Waals surface area contributed by atoms with Gasteiger partial charge in [0, 0.05) is 17.6 Å². The molecule has 3 aromatic rings. The molecule has 1 unspecified atom stereocenters. The van der Waals surface area contributed by atoms with Gasteiger partial charge >= 0.3 is 6.18 Å². The molecule has 0 aliphatic rings. The predicted molar refractivity (Wildman–Crippen MR) is 91.2 cm³/mol. The average Bonchev–Trinajstić information content (AvgIpc) is 2.95. The molecular formula is C16H16F3N5S. The summed E-state index contributed by atoms with van der Waals surface area (Å²) < 4.78 is 38.6. The molecule has 9 heteroatoms. The molecule has 3 N–H and O–H groups in total. The smallest absolute Gasteiger partial charge is 0.384 e. The third-order valence-electron chi connectivity index (χ3n) is 3.77. The summed E-state index contributed by atoms with van der Waals surface area (Å²) in [4.78, 5) is 15.0. The molecule has 25 heavy (non-hydrogen) atoms. The lowest BCUT2D eigenvalue weighted by Gasteiger charge is -2.12. The molecule has 3 rings (SSSR count). The molecule has 3 aromatic heterocycles. The van der Waals surface area contributed by atoms with Crippen LogP contribution in [0.2, 0.25) is 0 Å². The fourth-order valence-electron chi connectivity index (χ4n) is 2.47. The van der Waals surface area contributed by atoms with Crippen molar-refractivity contribution in [1.29, 1.82) is 0 Å². The van der Waals surface area contributed by atoms with Gasteiger partial charge in [0.2, 0.25) is 0 Å². The minimum absolute atomic E-state index is 0.0218. The number of nitrogen functional groups attached to an aromatic ring is 1. The van der Waals surface area contributed by atoms with Gasteiger partial charge in [-0.25, -0.2) is 9.97 Å². The molecule has 132 valence electrons. The van der Waals surface area contributed by atoms with E-state index in [9.17, 15) is 13.2 Å². The van der Waals surface area contributed by atoms with Crippen molar-refractivity contribution >= 4 is 28.5 Å². The number of aryl methyl sites for hydroxylation is 1. The zero-order valence-electron chi connectivity index (χ0n) is 13.6. The molecule has 3 heterocycles. The molecule has 0 aromatic carbocycles. The van der Waals surface area contributed by atoms with Crippen LogP contribution in [0.3, 0.4) is 0 Å². The minimum Gasteiger partial charge on any atom is -0.384 e. The summed E-state index contributed by atoms with van der Waals surface area (Å²) in [5.41, 5.74) is 7.27. The molecule has 0 saturated heterocycles. The summed E-state index contributed by atoms with van der Waals surface area (Å²) in [5.74, 6) is -0.209. The summed E-state index contributed by atoms with van der Waals surface area (Å²) in [5, 5.41) is 0.808. The van der Waals surface area contributed by atoms with Crippen molar-refractivity contribution in [2.75, 3.05) is 5.73 Å². The zero-order valence-corrected chi connectivity index (χ0v) is 14.4. The van der Waals surface area contributed by atoms with Crippen LogP contribution in [0.1, 0.15) is 36.0 Å². The fraction of sp³-hybridized carbons (Fsp3) is 0.312. The number of nitrogens with two attached hydrogens (primary N) is 1. The van der Waals surface area contributed by atoms with E-state index in [-0.39, 0.29) is 16.2 Å². The number of thioether (sulfide) groups is 1. The number of aromatic amines is 1. The number of anilines is 1. The zero-order chi connectivity index (χ0) is 18.2. The monoisotopic (exact) mass is 367 g/mol. The summed E-state index contributed by atoms with van der Waals surface area (Å²) >= 11 is 1.09. The Kier molecular flexibility index (Phi) is 4.59. The Balaban J connectivity index is 1.89. The van der Waals surface area contributed by atoms with Gasteiger partial charge in [0.05, 0.1) is 22.7 Å². The van der Waals surface area contributed by atoms with Crippen molar-refractivity contribution in [2.24, 2.45) is 0 Å². The maximum Gasteiger partial charge on any atom is 0.433 e. The first kappa shape index (κ1) is 17.5. The number of nitrogens with zero attached hydrogens (tertiary/aromatic N) is 3. The summed E-state index contributed by atoms with van der Waals surface area (Å²) in [6.45, 7) is 3.90. The number of alkyl halides is 3. The third-order valence-corrected chi connectivity index (χ3v) is 4.76. The van der Waals surface area contributed by atoms with Crippen LogP contribution in [-0.2, 0) is 12.6 Å². The molecule has 0 saturated carbocycles. The Morgan fingerprint density at radius 2 is 2.04 bits per heavy atom. The van der Waals surface area contributed by atoms with Gasteiger partial charge < -0.3 is 10.7 Å². The van der Waals surface area contributed by atoms with E-state index in [1.54, 1.807) is 6.20 Å². The van der Waals surface area contributed by atoms with Crippen molar-refractivity contribution in [3.8, 4) is 0 Å². The van der Waals surface area contributed by atoms with Gasteiger partial charge in [-0.15, -0.1) is 0 Å². The summed E-state index contributed by atoms with van der Waals surface area (Å²) in [6, 6.07) is 2.67. The van der Waals surface area contributed by atoms with Crippen LogP contribution >= 0.6 is 11.8 Å². The number of hydrogen-bond acceptors (Lipinski definition) is 5. The minimum atomic E-state index is -4.56. The highest BCUT2D eigenvalue weighted by molar-refractivity contribution is 7.99. The number of halogens is 3. The average molecular weight is 367 g/mol. The molecule has 0 amide bonds. The van der Waals surface area contributed by atoms with Crippen molar-refractivity contribution in [1.82, 2.24) is 19.9 Å². The second-order valence-corrected chi connectivity index (χ2v) is 6.85. The van der Waals surface area contributed by atoms with Crippen molar-refractivity contribution in [3.63, 3.8) is 0 Å². The molecule has 0 radical (unpaired) electrons. The lowest BCUT2D eigenvalue weighted by atomic mass is 10.1. The Hall–Kier alpha value is -2.29. The molecule has 0 aliphatic heterocycles. The molecule has 5 nitrogen and oxygen atoms in total. The van der Waals surface area contributed by atoms with Crippen molar-refractivity contribution < 1.29 is 13.2 Å². The van der Waals surface area contributed by atoms with Gasteiger partial charge in [0.1, 0.15) is 5.82 Å². The number of H-pyrrole nitrogens is 1. The topological polar surface area (TPSA) is 80.5 Å². The Labute approximate surface area is 146 Å². The summed E-state index contributed by atoms with van der Waals surface area (Å²) in [7, 11) is 0. The first-order valence-electron chi connectivity index (χ1n) is 7.62. The fourth-order valence-corrected chi connectivity index (χ4v) is 3.34. The van der Waals surface area contributed by atoms with Crippen LogP contribution in [-0.4, -0.2) is 19.9 Å². The molecule has 0 spiro atoms. The molecule has 0 aliphatic carbocycles. The number of nitrogens with one attached hydrogen (secondary N) is 1. The largest absolute Gasteiger partial charge is 0.433 e. The van der Waals surface area contributed by atoms with E-state index >= 15 is 0 Å². The van der Waals surface area contributed by atoms with E-state index < -0.39 is 11.9 Å². The van der Waals surface area contributed by atoms with E-state index in [2.05, 4.69) is 26.9 Å². The number of aromatic nitrogens is 4. The Morgan fingerprint density at radius 3 is 2.72 bits per heavy atom. The number of hydrogen-bond donors (Lipinski definition) is 2. The van der Waals surface area contributed by atoms with Crippen LogP contribution in [0.25, 0.3) is 10.9 Å². The van der Waals surface area contributed by atoms with Crippen molar-refractivity contribution in [2.45, 2.75) is 36.9 Å².